The minimum atomic E-state index is 0. The Hall–Kier alpha value is -2.20. The van der Waals surface area contributed by atoms with Gasteiger partial charge in [0.05, 0.1) is 26.8 Å². The summed E-state index contributed by atoms with van der Waals surface area (Å²) < 4.78 is 10.5. The van der Waals surface area contributed by atoms with Crippen LogP contribution in [0.4, 0.5) is 0 Å². The molecule has 0 aliphatic carbocycles. The number of halogens is 1. The Morgan fingerprint density at radius 3 is 2.41 bits per heavy atom. The van der Waals surface area contributed by atoms with E-state index in [4.69, 9.17) is 9.47 Å². The molecule has 0 bridgehead atoms. The second-order valence-electron chi connectivity index (χ2n) is 7.58. The van der Waals surface area contributed by atoms with Gasteiger partial charge in [-0.3, -0.25) is 4.90 Å². The number of hydrogen-bond donors (Lipinski definition) is 3. The molecule has 1 atom stereocenters. The van der Waals surface area contributed by atoms with Crippen LogP contribution in [0.2, 0.25) is 0 Å². The maximum absolute atomic E-state index is 10.3. The number of para-hydroxylation sites is 1. The number of methoxy groups -OCH3 is 2. The van der Waals surface area contributed by atoms with Crippen molar-refractivity contribution in [3.8, 4) is 17.2 Å². The number of likely N-dealkylation sites (tertiary alicyclic amines) is 1. The zero-order valence-electron chi connectivity index (χ0n) is 19.1. The van der Waals surface area contributed by atoms with Crippen molar-refractivity contribution in [2.45, 2.75) is 32.4 Å². The molecule has 0 spiro atoms. The van der Waals surface area contributed by atoms with E-state index in [1.54, 1.807) is 20.3 Å². The standard InChI is InChI=1S/C24H34N4O3.HI/c1-4-25-24(26-16-19-8-7-9-22(31-3)23(19)29)27-17-21(28-14-5-6-15-28)18-10-12-20(30-2)13-11-18;/h7-13,21,29H,4-6,14-17H2,1-3H3,(H2,25,26,27);1H. The molecule has 3 rings (SSSR count). The molecule has 0 aromatic heterocycles. The van der Waals surface area contributed by atoms with E-state index < -0.39 is 0 Å². The molecule has 1 heterocycles. The van der Waals surface area contributed by atoms with Gasteiger partial charge in [-0.05, 0) is 56.6 Å². The van der Waals surface area contributed by atoms with Crippen LogP contribution in [0.5, 0.6) is 17.2 Å². The molecular weight excluding hydrogens is 519 g/mol. The van der Waals surface area contributed by atoms with E-state index in [0.717, 1.165) is 43.5 Å². The Kier molecular flexibility index (Phi) is 10.9. The van der Waals surface area contributed by atoms with Crippen molar-refractivity contribution < 1.29 is 14.6 Å². The van der Waals surface area contributed by atoms with Gasteiger partial charge in [0, 0.05) is 18.7 Å². The largest absolute Gasteiger partial charge is 0.504 e. The summed E-state index contributed by atoms with van der Waals surface area (Å²) in [6.45, 7) is 6.10. The van der Waals surface area contributed by atoms with Crippen LogP contribution >= 0.6 is 24.0 Å². The highest BCUT2D eigenvalue weighted by Crippen LogP contribution is 2.30. The third kappa shape index (κ3) is 6.90. The molecule has 0 saturated carbocycles. The van der Waals surface area contributed by atoms with Crippen molar-refractivity contribution in [3.63, 3.8) is 0 Å². The van der Waals surface area contributed by atoms with Gasteiger partial charge in [0.25, 0.3) is 0 Å². The third-order valence-corrected chi connectivity index (χ3v) is 5.60. The lowest BCUT2D eigenvalue weighted by Crippen LogP contribution is -2.42. The van der Waals surface area contributed by atoms with Gasteiger partial charge in [0.1, 0.15) is 5.75 Å². The van der Waals surface area contributed by atoms with Gasteiger partial charge < -0.3 is 25.2 Å². The van der Waals surface area contributed by atoms with Crippen LogP contribution in [-0.4, -0.2) is 56.4 Å². The normalized spacial score (nSPS) is 15.0. The Balaban J connectivity index is 0.00000363. The zero-order valence-corrected chi connectivity index (χ0v) is 21.5. The van der Waals surface area contributed by atoms with Crippen molar-refractivity contribution in [1.82, 2.24) is 15.5 Å². The number of nitrogens with one attached hydrogen (secondary N) is 2. The summed E-state index contributed by atoms with van der Waals surface area (Å²) in [6, 6.07) is 14.0. The summed E-state index contributed by atoms with van der Waals surface area (Å²) in [5, 5.41) is 17.1. The zero-order chi connectivity index (χ0) is 22.1. The van der Waals surface area contributed by atoms with E-state index in [1.807, 2.05) is 31.2 Å². The number of nitrogens with zero attached hydrogens (tertiary/aromatic N) is 2. The van der Waals surface area contributed by atoms with Gasteiger partial charge in [0.2, 0.25) is 0 Å². The van der Waals surface area contributed by atoms with Crippen LogP contribution < -0.4 is 20.1 Å². The average molecular weight is 554 g/mol. The predicted molar refractivity (Wildman–Crippen MR) is 139 cm³/mol. The summed E-state index contributed by atoms with van der Waals surface area (Å²) in [4.78, 5) is 7.20. The molecule has 2 aromatic rings. The minimum absolute atomic E-state index is 0. The molecule has 2 aromatic carbocycles. The van der Waals surface area contributed by atoms with E-state index in [1.165, 1.54) is 18.4 Å². The Morgan fingerprint density at radius 1 is 1.06 bits per heavy atom. The topological polar surface area (TPSA) is 78.4 Å². The Morgan fingerprint density at radius 2 is 1.78 bits per heavy atom. The lowest BCUT2D eigenvalue weighted by Gasteiger charge is -2.29. The van der Waals surface area contributed by atoms with Crippen LogP contribution in [0.25, 0.3) is 0 Å². The highest BCUT2D eigenvalue weighted by molar-refractivity contribution is 14.0. The molecule has 32 heavy (non-hydrogen) atoms. The smallest absolute Gasteiger partial charge is 0.191 e. The first kappa shape index (κ1) is 26.1. The van der Waals surface area contributed by atoms with E-state index in [-0.39, 0.29) is 35.8 Å². The highest BCUT2D eigenvalue weighted by Gasteiger charge is 2.23. The van der Waals surface area contributed by atoms with Crippen LogP contribution in [0.3, 0.4) is 0 Å². The maximum Gasteiger partial charge on any atom is 0.191 e. The maximum atomic E-state index is 10.3. The molecular formula is C24H35IN4O3. The highest BCUT2D eigenvalue weighted by atomic mass is 127. The number of phenolic OH excluding ortho intramolecular Hbond substituents is 1. The lowest BCUT2D eigenvalue weighted by molar-refractivity contribution is 0.245. The summed E-state index contributed by atoms with van der Waals surface area (Å²) in [5.41, 5.74) is 1.99. The summed E-state index contributed by atoms with van der Waals surface area (Å²) >= 11 is 0. The third-order valence-electron chi connectivity index (χ3n) is 5.60. The number of aliphatic imine (C=N–C) groups is 1. The lowest BCUT2D eigenvalue weighted by atomic mass is 10.1. The molecule has 176 valence electrons. The summed E-state index contributed by atoms with van der Waals surface area (Å²) in [5.74, 6) is 2.18. The fraction of sp³-hybridized carbons (Fsp3) is 0.458. The SMILES string of the molecule is CCNC(=NCc1cccc(OC)c1O)NCC(c1ccc(OC)cc1)N1CCCC1.I. The molecule has 1 aliphatic rings. The fourth-order valence-corrected chi connectivity index (χ4v) is 3.90. The van der Waals surface area contributed by atoms with E-state index in [0.29, 0.717) is 12.3 Å². The van der Waals surface area contributed by atoms with Crippen LogP contribution in [0, 0.1) is 0 Å². The van der Waals surface area contributed by atoms with Gasteiger partial charge in [-0.2, -0.15) is 0 Å². The number of ether oxygens (including phenoxy) is 2. The average Bonchev–Trinajstić information content (AvgIpc) is 3.33. The number of benzene rings is 2. The number of guanidine groups is 1. The fourth-order valence-electron chi connectivity index (χ4n) is 3.90. The number of hydrogen-bond acceptors (Lipinski definition) is 5. The first-order valence-corrected chi connectivity index (χ1v) is 10.9. The Bertz CT molecular complexity index is 855. The van der Waals surface area contributed by atoms with Gasteiger partial charge in [0.15, 0.2) is 17.5 Å². The van der Waals surface area contributed by atoms with Gasteiger partial charge in [-0.1, -0.05) is 24.3 Å². The Labute approximate surface area is 208 Å². The molecule has 1 fully saturated rings. The van der Waals surface area contributed by atoms with E-state index in [2.05, 4.69) is 32.7 Å². The molecule has 1 saturated heterocycles. The van der Waals surface area contributed by atoms with Crippen molar-refractivity contribution in [2.24, 2.45) is 4.99 Å². The van der Waals surface area contributed by atoms with Crippen LogP contribution in [0.1, 0.15) is 36.9 Å². The first-order valence-electron chi connectivity index (χ1n) is 10.9. The van der Waals surface area contributed by atoms with Crippen molar-refractivity contribution in [2.75, 3.05) is 40.4 Å². The van der Waals surface area contributed by atoms with E-state index >= 15 is 0 Å². The second-order valence-corrected chi connectivity index (χ2v) is 7.58. The van der Waals surface area contributed by atoms with Crippen molar-refractivity contribution in [3.05, 3.63) is 53.6 Å². The first-order chi connectivity index (χ1) is 15.2. The quantitative estimate of drug-likeness (QED) is 0.248. The van der Waals surface area contributed by atoms with Gasteiger partial charge in [-0.25, -0.2) is 4.99 Å². The number of rotatable bonds is 9. The summed E-state index contributed by atoms with van der Waals surface area (Å²) in [6.07, 6.45) is 2.46. The molecule has 1 aliphatic heterocycles. The van der Waals surface area contributed by atoms with Crippen molar-refractivity contribution >= 4 is 29.9 Å². The monoisotopic (exact) mass is 554 g/mol. The molecule has 0 amide bonds. The van der Waals surface area contributed by atoms with Crippen LogP contribution in [-0.2, 0) is 6.54 Å². The van der Waals surface area contributed by atoms with E-state index in [9.17, 15) is 5.11 Å². The number of aromatic hydroxyl groups is 1. The molecule has 8 heteroatoms. The molecule has 7 nitrogen and oxygen atoms in total. The van der Waals surface area contributed by atoms with Crippen LogP contribution in [0.15, 0.2) is 47.5 Å². The second kappa shape index (κ2) is 13.4. The predicted octanol–water partition coefficient (Wildman–Crippen LogP) is 3.92. The van der Waals surface area contributed by atoms with Gasteiger partial charge in [-0.15, -0.1) is 24.0 Å². The molecule has 0 radical (unpaired) electrons. The molecule has 3 N–H and O–H groups in total. The summed E-state index contributed by atoms with van der Waals surface area (Å²) in [7, 11) is 3.24. The minimum Gasteiger partial charge on any atom is -0.504 e. The van der Waals surface area contributed by atoms with Crippen molar-refractivity contribution in [1.29, 1.82) is 0 Å². The number of phenols is 1. The molecule has 1 unspecified atom stereocenters. The van der Waals surface area contributed by atoms with Gasteiger partial charge >= 0.3 is 0 Å².